The van der Waals surface area contributed by atoms with Gasteiger partial charge in [0.15, 0.2) is 18.9 Å². The summed E-state index contributed by atoms with van der Waals surface area (Å²) in [7, 11) is 0. The van der Waals surface area contributed by atoms with Crippen LogP contribution in [0, 0.1) is 5.41 Å². The summed E-state index contributed by atoms with van der Waals surface area (Å²) in [5.74, 6) is -3.94. The molecule has 8 amide bonds. The van der Waals surface area contributed by atoms with Gasteiger partial charge in [0, 0.05) is 47.0 Å². The van der Waals surface area contributed by atoms with Crippen LogP contribution in [-0.4, -0.2) is 375 Å². The van der Waals surface area contributed by atoms with Crippen LogP contribution in [0.2, 0.25) is 0 Å². The number of hydrogen-bond donors (Lipinski definition) is 17. The molecule has 3 rings (SSSR count). The molecule has 0 aromatic heterocycles. The summed E-state index contributed by atoms with van der Waals surface area (Å²) in [5.41, 5.74) is 0.200. The van der Waals surface area contributed by atoms with Crippen LogP contribution in [0.1, 0.15) is 119 Å². The highest BCUT2D eigenvalue weighted by molar-refractivity contribution is 5.92. The number of carbonyl (C=O) groups is 8. The van der Waals surface area contributed by atoms with Crippen molar-refractivity contribution in [2.45, 2.75) is 223 Å². The largest absolute Gasteiger partial charge is 0.396 e. The number of aliphatic hydroxyl groups is 9. The van der Waals surface area contributed by atoms with E-state index in [0.29, 0.717) is 38.6 Å². The van der Waals surface area contributed by atoms with Crippen molar-refractivity contribution in [2.75, 3.05) is 178 Å². The number of amides is 8. The minimum absolute atomic E-state index is 0.00792. The van der Waals surface area contributed by atoms with Crippen LogP contribution in [0.15, 0.2) is 0 Å². The minimum Gasteiger partial charge on any atom is -0.396 e. The van der Waals surface area contributed by atoms with E-state index in [1.54, 1.807) is 0 Å². The van der Waals surface area contributed by atoms with Crippen molar-refractivity contribution in [3.8, 4) is 0 Å². The van der Waals surface area contributed by atoms with Gasteiger partial charge in [-0.05, 0) is 63.2 Å². The van der Waals surface area contributed by atoms with Gasteiger partial charge in [0.05, 0.1) is 138 Å². The first-order chi connectivity index (χ1) is 53.2. The van der Waals surface area contributed by atoms with Crippen LogP contribution in [0.5, 0.6) is 0 Å². The van der Waals surface area contributed by atoms with Gasteiger partial charge >= 0.3 is 0 Å². The van der Waals surface area contributed by atoms with Crippen LogP contribution < -0.4 is 42.5 Å². The summed E-state index contributed by atoms with van der Waals surface area (Å²) >= 11 is 0. The first-order valence-corrected chi connectivity index (χ1v) is 38.4. The number of ether oxygens (including phenoxy) is 15. The molecule has 0 radical (unpaired) electrons. The molecule has 40 nitrogen and oxygen atoms in total. The van der Waals surface area contributed by atoms with Crippen molar-refractivity contribution in [1.29, 1.82) is 0 Å². The lowest BCUT2D eigenvalue weighted by Gasteiger charge is -2.42. The van der Waals surface area contributed by atoms with E-state index in [9.17, 15) is 84.3 Å². The van der Waals surface area contributed by atoms with Crippen molar-refractivity contribution < 1.29 is 155 Å². The Bertz CT molecular complexity index is 2560. The minimum atomic E-state index is -1.45. The fraction of sp³-hybridized carbons (Fsp3) is 0.887. The molecule has 3 heterocycles. The van der Waals surface area contributed by atoms with E-state index in [4.69, 9.17) is 71.1 Å². The molecule has 0 bridgehead atoms. The molecule has 0 spiro atoms. The molecule has 40 heteroatoms. The van der Waals surface area contributed by atoms with Crippen molar-refractivity contribution >= 4 is 47.3 Å². The smallest absolute Gasteiger partial charge is 0.246 e. The van der Waals surface area contributed by atoms with Crippen molar-refractivity contribution in [1.82, 2.24) is 42.5 Å². The van der Waals surface area contributed by atoms with Gasteiger partial charge in [-0.25, -0.2) is 0 Å². The van der Waals surface area contributed by atoms with Gasteiger partial charge in [0.1, 0.15) is 98.9 Å². The highest BCUT2D eigenvalue weighted by Crippen LogP contribution is 2.27. The summed E-state index contributed by atoms with van der Waals surface area (Å²) in [6, 6.07) is -5.41. The maximum absolute atomic E-state index is 14.3. The first-order valence-electron chi connectivity index (χ1n) is 38.4. The van der Waals surface area contributed by atoms with E-state index in [1.165, 1.54) is 20.8 Å². The standard InChI is InChI=1S/C71H130N8O32/c1-46(83)75-57-63(92)60(89)51(17-22-80)109-68(57)106-38-35-100-28-25-99-31-34-105-45-56(88)78-50(16-10-14-20-73-55(87)44-104-33-30-98-24-27-102-37-40-108-70-59(77-48(3)85)65(94)62(91)53(42-82)111-70)67(96)79-49(66(95)74-21-12-8-7-11-18-71(4,5)6)15-9-13-19-72-54(86)43-103-32-29-97-23-26-101-36-39-107-69-58(76-47(2)84)64(93)61(90)52(41-81)110-69/h49-53,57-65,68-70,80-82,89-94H,7-45H2,1-6H3,(H,72,86)(H,73,87)(H,74,95)(H,75,83)(H,76,84)(H,77,85)(H,78,88)(H,79,96)/t49?,50-,51+,52+,53+,57+,58+,59+,60-,61-,62-,63+,64+,65+,68+,69+,70+/m0/s1. The maximum Gasteiger partial charge on any atom is 0.246 e. The Morgan fingerprint density at radius 3 is 1.04 bits per heavy atom. The van der Waals surface area contributed by atoms with E-state index in [0.717, 1.165) is 25.7 Å². The molecule has 1 unspecified atom stereocenters. The van der Waals surface area contributed by atoms with Crippen LogP contribution in [0.4, 0.5) is 0 Å². The number of carbonyl (C=O) groups excluding carboxylic acids is 8. The Kier molecular flexibility index (Phi) is 53.6. The molecule has 3 aliphatic rings. The third-order valence-corrected chi connectivity index (χ3v) is 17.4. The number of rotatable bonds is 63. The molecule has 17 N–H and O–H groups in total. The zero-order chi connectivity index (χ0) is 81.8. The number of aliphatic hydroxyl groups excluding tert-OH is 9. The van der Waals surface area contributed by atoms with E-state index < -0.39 is 165 Å². The van der Waals surface area contributed by atoms with E-state index >= 15 is 0 Å². The topological polar surface area (TPSA) is 553 Å². The van der Waals surface area contributed by atoms with Gasteiger partial charge in [0.2, 0.25) is 47.3 Å². The second kappa shape index (κ2) is 59.5. The second-order valence-electron chi connectivity index (χ2n) is 28.0. The Labute approximate surface area is 649 Å². The predicted molar refractivity (Wildman–Crippen MR) is 389 cm³/mol. The van der Waals surface area contributed by atoms with E-state index in [-0.39, 0.29) is 182 Å². The Balaban J connectivity index is 1.48. The molecule has 0 aromatic carbocycles. The normalized spacial score (nSPS) is 24.6. The van der Waals surface area contributed by atoms with Gasteiger partial charge in [-0.2, -0.15) is 0 Å². The number of unbranched alkanes of at least 4 members (excludes halogenated alkanes) is 5. The molecule has 3 fully saturated rings. The summed E-state index contributed by atoms with van der Waals surface area (Å²) in [4.78, 5) is 102. The Hall–Kier alpha value is -5.20. The van der Waals surface area contributed by atoms with Gasteiger partial charge < -0.3 is 160 Å². The molecule has 3 saturated heterocycles. The second-order valence-corrected chi connectivity index (χ2v) is 28.0. The Morgan fingerprint density at radius 2 is 0.676 bits per heavy atom. The van der Waals surface area contributed by atoms with Gasteiger partial charge in [0.25, 0.3) is 0 Å². The molecule has 17 atom stereocenters. The molecule has 3 aliphatic heterocycles. The average Bonchev–Trinajstić information content (AvgIpc) is 0.820. The van der Waals surface area contributed by atoms with Crippen molar-refractivity contribution in [3.63, 3.8) is 0 Å². The molecule has 646 valence electrons. The van der Waals surface area contributed by atoms with Gasteiger partial charge in [-0.1, -0.05) is 40.0 Å². The zero-order valence-corrected chi connectivity index (χ0v) is 65.3. The van der Waals surface area contributed by atoms with Crippen molar-refractivity contribution in [3.05, 3.63) is 0 Å². The van der Waals surface area contributed by atoms with Crippen LogP contribution >= 0.6 is 0 Å². The summed E-state index contributed by atoms with van der Waals surface area (Å²) in [6.07, 6.45) is -8.65. The first kappa shape index (κ1) is 100.0. The summed E-state index contributed by atoms with van der Waals surface area (Å²) < 4.78 is 83.4. The average molecular weight is 1610 g/mol. The zero-order valence-electron chi connectivity index (χ0n) is 65.3. The molecular weight excluding hydrogens is 1480 g/mol. The molecular formula is C71H130N8O32. The molecule has 0 aromatic rings. The number of hydrogen-bond acceptors (Lipinski definition) is 32. The molecule has 111 heavy (non-hydrogen) atoms. The highest BCUT2D eigenvalue weighted by atomic mass is 16.7. The fourth-order valence-electron chi connectivity index (χ4n) is 11.6. The highest BCUT2D eigenvalue weighted by Gasteiger charge is 2.48. The Morgan fingerprint density at radius 1 is 0.360 bits per heavy atom. The van der Waals surface area contributed by atoms with Crippen LogP contribution in [0.3, 0.4) is 0 Å². The molecule has 0 aliphatic carbocycles. The van der Waals surface area contributed by atoms with Gasteiger partial charge in [-0.3, -0.25) is 38.4 Å². The fourth-order valence-corrected chi connectivity index (χ4v) is 11.6. The number of nitrogens with one attached hydrogen (secondary N) is 8. The third-order valence-electron chi connectivity index (χ3n) is 17.4. The third kappa shape index (κ3) is 43.9. The summed E-state index contributed by atoms with van der Waals surface area (Å²) in [5, 5.41) is 112. The van der Waals surface area contributed by atoms with Gasteiger partial charge in [-0.15, -0.1) is 0 Å². The van der Waals surface area contributed by atoms with E-state index in [2.05, 4.69) is 63.3 Å². The van der Waals surface area contributed by atoms with E-state index in [1.807, 2.05) is 0 Å². The quantitative estimate of drug-likeness (QED) is 0.0252. The predicted octanol–water partition coefficient (Wildman–Crippen LogP) is -5.94. The lowest BCUT2D eigenvalue weighted by atomic mass is 9.89. The SMILES string of the molecule is CC(=O)N[C@H]1[C@H](OCCOCCOCCOCC(=O)NCCCCC(NC(=O)[C@H](CCCCNC(=O)COCCOCCOCCO[C@@H]2O[C@H](CO)[C@H](O)[C@H](O)[C@H]2NC(C)=O)NC(=O)COCCOCCOCCO[C@@H]2O[C@H](CCO)[C@H](O)[C@H](O)[C@H]2NC(C)=O)C(=O)NCCCCCCC(C)(C)C)O[C@H](CO)[C@H](O)[C@@H]1O. The van der Waals surface area contributed by atoms with Crippen LogP contribution in [-0.2, 0) is 109 Å². The van der Waals surface area contributed by atoms with Crippen molar-refractivity contribution in [2.24, 2.45) is 5.41 Å². The summed E-state index contributed by atoms with van der Waals surface area (Å²) in [6.45, 7) is 10.3. The molecule has 0 saturated carbocycles. The lowest BCUT2D eigenvalue weighted by Crippen LogP contribution is -2.64. The lowest BCUT2D eigenvalue weighted by molar-refractivity contribution is -0.272. The maximum atomic E-state index is 14.3. The monoisotopic (exact) mass is 1610 g/mol. The van der Waals surface area contributed by atoms with Crippen LogP contribution in [0.25, 0.3) is 0 Å².